The van der Waals surface area contributed by atoms with Crippen molar-refractivity contribution in [1.82, 2.24) is 4.98 Å². The van der Waals surface area contributed by atoms with Gasteiger partial charge in [-0.1, -0.05) is 0 Å². The van der Waals surface area contributed by atoms with Gasteiger partial charge >= 0.3 is 0 Å². The fourth-order valence-corrected chi connectivity index (χ4v) is 2.39. The number of methoxy groups -OCH3 is 1. The van der Waals surface area contributed by atoms with Gasteiger partial charge in [0.2, 0.25) is 0 Å². The van der Waals surface area contributed by atoms with Crippen LogP contribution in [0.5, 0.6) is 0 Å². The molecule has 0 amide bonds. The number of nitrogens with one attached hydrogen (secondary N) is 1. The van der Waals surface area contributed by atoms with Crippen LogP contribution in [0.15, 0.2) is 10.9 Å². The molecule has 2 heterocycles. The molecule has 1 aliphatic rings. The molecule has 1 aromatic rings. The Balaban J connectivity index is 2.44. The minimum atomic E-state index is -1.06. The average molecular weight is 273 g/mol. The van der Waals surface area contributed by atoms with Crippen LogP contribution in [0.3, 0.4) is 0 Å². The van der Waals surface area contributed by atoms with E-state index >= 15 is 0 Å². The van der Waals surface area contributed by atoms with Crippen LogP contribution < -0.4 is 5.56 Å². The highest BCUT2D eigenvalue weighted by molar-refractivity contribution is 5.26. The number of aromatic nitrogens is 1. The molecule has 0 saturated carbocycles. The summed E-state index contributed by atoms with van der Waals surface area (Å²) < 4.78 is 24.5. The second-order valence-electron chi connectivity index (χ2n) is 4.49. The van der Waals surface area contributed by atoms with E-state index in [2.05, 4.69) is 4.98 Å². The van der Waals surface area contributed by atoms with E-state index in [4.69, 9.17) is 14.6 Å². The van der Waals surface area contributed by atoms with Crippen molar-refractivity contribution in [3.05, 3.63) is 33.5 Å². The fraction of sp³-hybridized carbons (Fsp3) is 0.583. The Hall–Kier alpha value is -1.28. The molecule has 0 radical (unpaired) electrons. The molecule has 4 unspecified atom stereocenters. The van der Waals surface area contributed by atoms with Crippen molar-refractivity contribution >= 4 is 0 Å². The maximum Gasteiger partial charge on any atom is 0.251 e. The highest BCUT2D eigenvalue weighted by atomic mass is 19.1. The largest absolute Gasteiger partial charge is 0.394 e. The number of ether oxygens (including phenoxy) is 2. The van der Waals surface area contributed by atoms with Crippen LogP contribution in [0.2, 0.25) is 0 Å². The Morgan fingerprint density at radius 2 is 2.26 bits per heavy atom. The number of aryl methyl sites for hydroxylation is 1. The van der Waals surface area contributed by atoms with Gasteiger partial charge in [0.25, 0.3) is 5.56 Å². The van der Waals surface area contributed by atoms with E-state index in [1.807, 2.05) is 0 Å². The Labute approximate surface area is 108 Å². The van der Waals surface area contributed by atoms with E-state index in [-0.39, 0.29) is 5.56 Å². The molecule has 0 bridgehead atoms. The van der Waals surface area contributed by atoms with Gasteiger partial charge in [-0.2, -0.15) is 0 Å². The Kier molecular flexibility index (Phi) is 4.00. The summed E-state index contributed by atoms with van der Waals surface area (Å²) in [5.74, 6) is -0.723. The maximum atomic E-state index is 13.9. The molecular weight excluding hydrogens is 257 g/mol. The molecule has 0 aromatic carbocycles. The molecule has 0 aliphatic carbocycles. The number of rotatable bonds is 3. The first kappa shape index (κ1) is 14.1. The number of aliphatic hydroxyl groups is 2. The van der Waals surface area contributed by atoms with Crippen molar-refractivity contribution in [2.75, 3.05) is 13.7 Å². The number of pyridine rings is 1. The molecule has 1 saturated heterocycles. The van der Waals surface area contributed by atoms with Crippen molar-refractivity contribution in [3.8, 4) is 0 Å². The van der Waals surface area contributed by atoms with E-state index < -0.39 is 42.4 Å². The second-order valence-corrected chi connectivity index (χ2v) is 4.49. The van der Waals surface area contributed by atoms with E-state index in [9.17, 15) is 14.3 Å². The lowest BCUT2D eigenvalue weighted by Gasteiger charge is -2.20. The van der Waals surface area contributed by atoms with Gasteiger partial charge in [-0.05, 0) is 6.92 Å². The predicted octanol–water partition coefficient (Wildman–Crippen LogP) is -0.369. The first-order valence-corrected chi connectivity index (χ1v) is 5.86. The third kappa shape index (κ3) is 2.42. The summed E-state index contributed by atoms with van der Waals surface area (Å²) in [4.78, 5) is 13.6. The van der Waals surface area contributed by atoms with E-state index in [0.717, 1.165) is 6.07 Å². The van der Waals surface area contributed by atoms with Crippen LogP contribution in [-0.4, -0.2) is 47.2 Å². The van der Waals surface area contributed by atoms with Crippen molar-refractivity contribution < 1.29 is 24.1 Å². The van der Waals surface area contributed by atoms with Crippen LogP contribution in [0.25, 0.3) is 0 Å². The zero-order chi connectivity index (χ0) is 14.2. The van der Waals surface area contributed by atoms with Gasteiger partial charge < -0.3 is 24.7 Å². The number of aliphatic hydroxyl groups excluding tert-OH is 2. The van der Waals surface area contributed by atoms with E-state index in [1.165, 1.54) is 14.0 Å². The Morgan fingerprint density at radius 3 is 2.79 bits per heavy atom. The van der Waals surface area contributed by atoms with Crippen LogP contribution >= 0.6 is 0 Å². The standard InChI is InChI=1S/C12H16FNO5/c1-5-9(6(13)3-8(16)14-5)11-12(18-2)10(17)7(4-15)19-11/h3,7,10-12,15,17H,4H2,1-2H3,(H,14,16). The minimum Gasteiger partial charge on any atom is -0.394 e. The van der Waals surface area contributed by atoms with Gasteiger partial charge in [-0.25, -0.2) is 4.39 Å². The van der Waals surface area contributed by atoms with Crippen molar-refractivity contribution in [2.45, 2.75) is 31.3 Å². The van der Waals surface area contributed by atoms with Gasteiger partial charge in [0.05, 0.1) is 6.61 Å². The Morgan fingerprint density at radius 1 is 1.58 bits per heavy atom. The summed E-state index contributed by atoms with van der Waals surface area (Å²) in [6, 6.07) is 0.817. The molecule has 0 spiro atoms. The second kappa shape index (κ2) is 5.38. The minimum absolute atomic E-state index is 0.126. The van der Waals surface area contributed by atoms with Gasteiger partial charge in [-0.3, -0.25) is 4.79 Å². The normalized spacial score (nSPS) is 30.8. The quantitative estimate of drug-likeness (QED) is 0.699. The maximum absolute atomic E-state index is 13.9. The molecule has 106 valence electrons. The first-order valence-electron chi connectivity index (χ1n) is 5.86. The highest BCUT2D eigenvalue weighted by Gasteiger charge is 2.46. The van der Waals surface area contributed by atoms with Crippen LogP contribution in [0.1, 0.15) is 17.4 Å². The zero-order valence-electron chi connectivity index (χ0n) is 10.6. The summed E-state index contributed by atoms with van der Waals surface area (Å²) in [5.41, 5.74) is -0.116. The topological polar surface area (TPSA) is 91.8 Å². The van der Waals surface area contributed by atoms with Gasteiger partial charge in [0.1, 0.15) is 30.2 Å². The van der Waals surface area contributed by atoms with Gasteiger partial charge in [-0.15, -0.1) is 0 Å². The lowest BCUT2D eigenvalue weighted by molar-refractivity contribution is -0.0250. The van der Waals surface area contributed by atoms with Crippen LogP contribution in [0.4, 0.5) is 4.39 Å². The molecule has 19 heavy (non-hydrogen) atoms. The molecular formula is C12H16FNO5. The summed E-state index contributed by atoms with van der Waals surface area (Å²) in [5, 5.41) is 19.0. The van der Waals surface area contributed by atoms with E-state index in [0.29, 0.717) is 5.69 Å². The monoisotopic (exact) mass is 273 g/mol. The van der Waals surface area contributed by atoms with Crippen LogP contribution in [-0.2, 0) is 9.47 Å². The van der Waals surface area contributed by atoms with Crippen LogP contribution in [0, 0.1) is 12.7 Å². The van der Waals surface area contributed by atoms with Crippen molar-refractivity contribution in [1.29, 1.82) is 0 Å². The summed E-state index contributed by atoms with van der Waals surface area (Å²) in [6.07, 6.45) is -3.60. The summed E-state index contributed by atoms with van der Waals surface area (Å²) in [6.45, 7) is 1.14. The number of aromatic amines is 1. The molecule has 4 atom stereocenters. The number of halogens is 1. The summed E-state index contributed by atoms with van der Waals surface area (Å²) in [7, 11) is 1.36. The number of H-pyrrole nitrogens is 1. The van der Waals surface area contributed by atoms with Gasteiger partial charge in [0.15, 0.2) is 0 Å². The third-order valence-corrected chi connectivity index (χ3v) is 3.30. The molecule has 3 N–H and O–H groups in total. The number of hydrogen-bond donors (Lipinski definition) is 3. The highest BCUT2D eigenvalue weighted by Crippen LogP contribution is 2.37. The lowest BCUT2D eigenvalue weighted by atomic mass is 10.00. The summed E-state index contributed by atoms with van der Waals surface area (Å²) >= 11 is 0. The molecule has 1 aromatic heterocycles. The molecule has 1 aliphatic heterocycles. The first-order chi connectivity index (χ1) is 8.99. The Bertz CT molecular complexity index is 491. The lowest BCUT2D eigenvalue weighted by Crippen LogP contribution is -2.34. The zero-order valence-corrected chi connectivity index (χ0v) is 10.6. The third-order valence-electron chi connectivity index (χ3n) is 3.30. The molecule has 6 nitrogen and oxygen atoms in total. The SMILES string of the molecule is COC1C(c2c(F)cc(=O)[nH]c2C)OC(CO)C1O. The molecule has 2 rings (SSSR count). The predicted molar refractivity (Wildman–Crippen MR) is 63.3 cm³/mol. The smallest absolute Gasteiger partial charge is 0.251 e. The van der Waals surface area contributed by atoms with E-state index in [1.54, 1.807) is 0 Å². The molecule has 7 heteroatoms. The molecule has 1 fully saturated rings. The number of hydrogen-bond acceptors (Lipinski definition) is 5. The van der Waals surface area contributed by atoms with Gasteiger partial charge in [0, 0.05) is 24.4 Å². The van der Waals surface area contributed by atoms with Crippen molar-refractivity contribution in [3.63, 3.8) is 0 Å². The average Bonchev–Trinajstić information content (AvgIpc) is 2.64. The fourth-order valence-electron chi connectivity index (χ4n) is 2.39. The van der Waals surface area contributed by atoms with Crippen molar-refractivity contribution in [2.24, 2.45) is 0 Å².